The second-order valence-electron chi connectivity index (χ2n) is 10.3. The molecule has 0 bridgehead atoms. The van der Waals surface area contributed by atoms with Crippen molar-refractivity contribution in [3.8, 4) is 22.8 Å². The maximum atomic E-state index is 12.3. The number of carbonyl (C=O) groups excluding carboxylic acids is 1. The second-order valence-corrected chi connectivity index (χ2v) is 10.3. The van der Waals surface area contributed by atoms with Crippen LogP contribution >= 0.6 is 0 Å². The molecule has 0 radical (unpaired) electrons. The molecule has 37 heavy (non-hydrogen) atoms. The fourth-order valence-corrected chi connectivity index (χ4v) is 4.64. The van der Waals surface area contributed by atoms with Crippen LogP contribution in [0, 0.1) is 0 Å². The highest BCUT2D eigenvalue weighted by molar-refractivity contribution is 5.98. The molecular formula is C28H32N6O3. The number of nitrogens with zero attached hydrogens (tertiary/aromatic N) is 5. The number of ether oxygens (including phenoxy) is 2. The predicted molar refractivity (Wildman–Crippen MR) is 142 cm³/mol. The fourth-order valence-electron chi connectivity index (χ4n) is 4.64. The van der Waals surface area contributed by atoms with Crippen molar-refractivity contribution < 1.29 is 14.3 Å². The summed E-state index contributed by atoms with van der Waals surface area (Å²) in [4.78, 5) is 23.2. The molecule has 0 saturated carbocycles. The van der Waals surface area contributed by atoms with Crippen molar-refractivity contribution >= 4 is 22.8 Å². The Kier molecular flexibility index (Phi) is 6.80. The monoisotopic (exact) mass is 500 g/mol. The lowest BCUT2D eigenvalue weighted by Gasteiger charge is -2.32. The minimum atomic E-state index is -0.481. The molecule has 0 amide bonds. The third kappa shape index (κ3) is 5.72. The van der Waals surface area contributed by atoms with E-state index in [4.69, 9.17) is 20.3 Å². The molecule has 9 nitrogen and oxygen atoms in total. The molecule has 0 aliphatic carbocycles. The number of piperidine rings is 1. The molecule has 0 unspecified atom stereocenters. The fraction of sp³-hybridized carbons (Fsp3) is 0.357. The quantitative estimate of drug-likeness (QED) is 0.375. The Labute approximate surface area is 216 Å². The van der Waals surface area contributed by atoms with Crippen molar-refractivity contribution in [3.05, 3.63) is 60.9 Å². The van der Waals surface area contributed by atoms with Crippen LogP contribution in [0.3, 0.4) is 0 Å². The number of carbonyl (C=O) groups is 1. The Morgan fingerprint density at radius 1 is 1.00 bits per heavy atom. The minimum Gasteiger partial charge on any atom is -0.459 e. The number of hydrogen-bond donors (Lipinski definition) is 1. The van der Waals surface area contributed by atoms with Gasteiger partial charge in [0.2, 0.25) is 0 Å². The molecule has 2 N–H and O–H groups in total. The number of para-hydroxylation sites is 1. The van der Waals surface area contributed by atoms with Gasteiger partial charge in [-0.15, -0.1) is 0 Å². The minimum absolute atomic E-state index is 0.140. The molecule has 1 aliphatic heterocycles. The highest BCUT2D eigenvalue weighted by atomic mass is 16.6. The van der Waals surface area contributed by atoms with Crippen molar-refractivity contribution in [2.75, 3.05) is 25.4 Å². The van der Waals surface area contributed by atoms with Gasteiger partial charge < -0.3 is 15.2 Å². The molecule has 4 aromatic rings. The van der Waals surface area contributed by atoms with E-state index in [1.54, 1.807) is 0 Å². The standard InChI is InChI=1S/C28H32N6O3/c1-28(2,3)37-23(35)17-33-15-13-20(14-16-33)34-27-24(26(29)30-18-31-27)25(32-34)19-9-11-22(12-10-19)36-21-7-5-4-6-8-21/h4-12,18,20H,13-17H2,1-3H3,(H2,29,30,31). The Morgan fingerprint density at radius 2 is 1.68 bits per heavy atom. The second kappa shape index (κ2) is 10.2. The summed E-state index contributed by atoms with van der Waals surface area (Å²) in [5, 5.41) is 5.72. The van der Waals surface area contributed by atoms with Crippen molar-refractivity contribution in [2.45, 2.75) is 45.3 Å². The Hall–Kier alpha value is -3.98. The van der Waals surface area contributed by atoms with Crippen molar-refractivity contribution in [2.24, 2.45) is 0 Å². The number of nitrogens with two attached hydrogens (primary N) is 1. The van der Waals surface area contributed by atoms with E-state index in [-0.39, 0.29) is 12.0 Å². The van der Waals surface area contributed by atoms with Crippen LogP contribution in [0.5, 0.6) is 11.5 Å². The van der Waals surface area contributed by atoms with E-state index in [0.29, 0.717) is 12.4 Å². The number of rotatable bonds is 6. The average molecular weight is 501 g/mol. The van der Waals surface area contributed by atoms with Crippen LogP contribution in [-0.2, 0) is 9.53 Å². The van der Waals surface area contributed by atoms with E-state index in [1.165, 1.54) is 6.33 Å². The molecule has 1 aliphatic rings. The first-order chi connectivity index (χ1) is 17.8. The van der Waals surface area contributed by atoms with Gasteiger partial charge in [0.05, 0.1) is 18.0 Å². The van der Waals surface area contributed by atoms with Gasteiger partial charge in [-0.25, -0.2) is 14.6 Å². The van der Waals surface area contributed by atoms with Gasteiger partial charge in [0.1, 0.15) is 34.9 Å². The third-order valence-electron chi connectivity index (χ3n) is 6.30. The molecule has 1 fully saturated rings. The third-order valence-corrected chi connectivity index (χ3v) is 6.30. The lowest BCUT2D eigenvalue weighted by molar-refractivity contribution is -0.156. The zero-order chi connectivity index (χ0) is 26.0. The van der Waals surface area contributed by atoms with Gasteiger partial charge in [-0.1, -0.05) is 18.2 Å². The normalized spacial score (nSPS) is 15.1. The summed E-state index contributed by atoms with van der Waals surface area (Å²) in [6.45, 7) is 7.49. The van der Waals surface area contributed by atoms with Gasteiger partial charge in [0, 0.05) is 18.7 Å². The number of fused-ring (bicyclic) bond motifs is 1. The van der Waals surface area contributed by atoms with Crippen LogP contribution in [0.25, 0.3) is 22.3 Å². The van der Waals surface area contributed by atoms with Crippen LogP contribution in [0.4, 0.5) is 5.82 Å². The maximum absolute atomic E-state index is 12.3. The zero-order valence-electron chi connectivity index (χ0n) is 21.4. The average Bonchev–Trinajstić information content (AvgIpc) is 3.25. The van der Waals surface area contributed by atoms with Gasteiger partial charge >= 0.3 is 5.97 Å². The number of hydrogen-bond acceptors (Lipinski definition) is 8. The molecule has 192 valence electrons. The van der Waals surface area contributed by atoms with Gasteiger partial charge in [0.25, 0.3) is 0 Å². The molecule has 0 atom stereocenters. The largest absolute Gasteiger partial charge is 0.459 e. The van der Waals surface area contributed by atoms with Crippen molar-refractivity contribution in [3.63, 3.8) is 0 Å². The number of esters is 1. The summed E-state index contributed by atoms with van der Waals surface area (Å²) in [7, 11) is 0. The van der Waals surface area contributed by atoms with E-state index in [9.17, 15) is 4.79 Å². The van der Waals surface area contributed by atoms with Crippen LogP contribution in [0.15, 0.2) is 60.9 Å². The van der Waals surface area contributed by atoms with Crippen LogP contribution < -0.4 is 10.5 Å². The summed E-state index contributed by atoms with van der Waals surface area (Å²) in [6.07, 6.45) is 3.16. The van der Waals surface area contributed by atoms with E-state index >= 15 is 0 Å². The molecule has 2 aromatic heterocycles. The van der Waals surface area contributed by atoms with E-state index < -0.39 is 5.60 Å². The van der Waals surface area contributed by atoms with Crippen LogP contribution in [0.1, 0.15) is 39.7 Å². The van der Waals surface area contributed by atoms with Gasteiger partial charge in [-0.3, -0.25) is 9.69 Å². The van der Waals surface area contributed by atoms with Crippen molar-refractivity contribution in [1.82, 2.24) is 24.6 Å². The Balaban J connectivity index is 1.35. The number of anilines is 1. The first-order valence-electron chi connectivity index (χ1n) is 12.5. The molecule has 9 heteroatoms. The smallest absolute Gasteiger partial charge is 0.320 e. The molecule has 3 heterocycles. The zero-order valence-corrected chi connectivity index (χ0v) is 21.4. The summed E-state index contributed by atoms with van der Waals surface area (Å²) in [6, 6.07) is 17.6. The number of likely N-dealkylation sites (tertiary alicyclic amines) is 1. The molecular weight excluding hydrogens is 468 g/mol. The van der Waals surface area contributed by atoms with Crippen LogP contribution in [0.2, 0.25) is 0 Å². The summed E-state index contributed by atoms with van der Waals surface area (Å²) >= 11 is 0. The molecule has 1 saturated heterocycles. The van der Waals surface area contributed by atoms with Gasteiger partial charge in [0.15, 0.2) is 5.65 Å². The summed E-state index contributed by atoms with van der Waals surface area (Å²) < 4.78 is 13.4. The number of nitrogen functional groups attached to an aromatic ring is 1. The number of aromatic nitrogens is 4. The van der Waals surface area contributed by atoms with Crippen molar-refractivity contribution in [1.29, 1.82) is 0 Å². The topological polar surface area (TPSA) is 108 Å². The van der Waals surface area contributed by atoms with E-state index in [1.807, 2.05) is 80.1 Å². The van der Waals surface area contributed by atoms with Gasteiger partial charge in [-0.05, 0) is 70.0 Å². The molecule has 2 aromatic carbocycles. The Bertz CT molecular complexity index is 1370. The van der Waals surface area contributed by atoms with Gasteiger partial charge in [-0.2, -0.15) is 5.10 Å². The van der Waals surface area contributed by atoms with E-state index in [0.717, 1.165) is 59.7 Å². The predicted octanol–water partition coefficient (Wildman–Crippen LogP) is 4.85. The first kappa shape index (κ1) is 24.7. The lowest BCUT2D eigenvalue weighted by Crippen LogP contribution is -2.40. The summed E-state index contributed by atoms with van der Waals surface area (Å²) in [5.41, 5.74) is 8.20. The summed E-state index contributed by atoms with van der Waals surface area (Å²) in [5.74, 6) is 1.72. The highest BCUT2D eigenvalue weighted by Gasteiger charge is 2.28. The highest BCUT2D eigenvalue weighted by Crippen LogP contribution is 2.35. The SMILES string of the molecule is CC(C)(C)OC(=O)CN1CCC(n2nc(-c3ccc(Oc4ccccc4)cc3)c3c(N)ncnc32)CC1. The molecule has 5 rings (SSSR count). The van der Waals surface area contributed by atoms with Crippen LogP contribution in [-0.4, -0.2) is 55.9 Å². The maximum Gasteiger partial charge on any atom is 0.320 e. The van der Waals surface area contributed by atoms with E-state index in [2.05, 4.69) is 14.9 Å². The Morgan fingerprint density at radius 3 is 2.35 bits per heavy atom. The molecule has 0 spiro atoms. The lowest BCUT2D eigenvalue weighted by atomic mass is 10.1. The number of benzene rings is 2. The first-order valence-corrected chi connectivity index (χ1v) is 12.5.